The largest absolute Gasteiger partial charge is 0.489 e. The average Bonchev–Trinajstić information content (AvgIpc) is 2.63. The third-order valence-electron chi connectivity index (χ3n) is 4.26. The molecule has 0 unspecified atom stereocenters. The predicted molar refractivity (Wildman–Crippen MR) is 100 cm³/mol. The van der Waals surface area contributed by atoms with E-state index in [1.54, 1.807) is 6.92 Å². The number of ether oxygens (including phenoxy) is 2. The third-order valence-corrected chi connectivity index (χ3v) is 5.24. The molecule has 2 N–H and O–H groups in total. The Kier molecular flexibility index (Phi) is 5.76. The molecule has 10 heteroatoms. The van der Waals surface area contributed by atoms with Gasteiger partial charge in [-0.05, 0) is 44.5 Å². The number of nitrogens with one attached hydrogen (secondary N) is 2. The van der Waals surface area contributed by atoms with Crippen LogP contribution < -0.4 is 20.1 Å². The first-order chi connectivity index (χ1) is 12.9. The molecule has 9 nitrogen and oxygen atoms in total. The Labute approximate surface area is 158 Å². The fourth-order valence-electron chi connectivity index (χ4n) is 2.78. The molecule has 0 aromatic carbocycles. The Morgan fingerprint density at radius 3 is 2.59 bits per heavy atom. The maximum Gasteiger partial charge on any atom is 0.262 e. The fourth-order valence-corrected chi connectivity index (χ4v) is 3.41. The highest BCUT2D eigenvalue weighted by Crippen LogP contribution is 2.34. The van der Waals surface area contributed by atoms with Crippen LogP contribution >= 0.6 is 0 Å². The summed E-state index contributed by atoms with van der Waals surface area (Å²) in [6.45, 7) is 3.60. The van der Waals surface area contributed by atoms with Gasteiger partial charge in [-0.1, -0.05) is 0 Å². The third kappa shape index (κ3) is 4.64. The molecule has 2 aromatic rings. The zero-order valence-corrected chi connectivity index (χ0v) is 16.3. The van der Waals surface area contributed by atoms with Crippen LogP contribution in [0.1, 0.15) is 18.4 Å². The van der Waals surface area contributed by atoms with Gasteiger partial charge in [0.05, 0.1) is 19.0 Å². The zero-order chi connectivity index (χ0) is 19.4. The summed E-state index contributed by atoms with van der Waals surface area (Å²) >= 11 is 0. The number of rotatable bonds is 6. The molecule has 0 aliphatic carbocycles. The average molecular weight is 393 g/mol. The summed E-state index contributed by atoms with van der Waals surface area (Å²) in [5.41, 5.74) is 1.33. The van der Waals surface area contributed by atoms with Gasteiger partial charge in [0.2, 0.25) is 5.75 Å². The Hall–Kier alpha value is -2.46. The smallest absolute Gasteiger partial charge is 0.262 e. The lowest BCUT2D eigenvalue weighted by Crippen LogP contribution is -2.34. The van der Waals surface area contributed by atoms with Gasteiger partial charge in [0.25, 0.3) is 5.88 Å². The molecule has 0 atom stereocenters. The maximum atomic E-state index is 11.6. The van der Waals surface area contributed by atoms with E-state index in [0.29, 0.717) is 28.7 Å². The lowest BCUT2D eigenvalue weighted by atomic mass is 10.1. The van der Waals surface area contributed by atoms with Crippen molar-refractivity contribution in [3.05, 3.63) is 24.2 Å². The molecule has 1 fully saturated rings. The first-order valence-corrected chi connectivity index (χ1v) is 10.5. The minimum absolute atomic E-state index is 0.0233. The Morgan fingerprint density at radius 1 is 1.22 bits per heavy atom. The summed E-state index contributed by atoms with van der Waals surface area (Å²) in [6.07, 6.45) is 5.84. The van der Waals surface area contributed by atoms with E-state index in [9.17, 15) is 8.42 Å². The number of methoxy groups -OCH3 is 1. The van der Waals surface area contributed by atoms with Gasteiger partial charge in [0.1, 0.15) is 12.4 Å². The van der Waals surface area contributed by atoms with E-state index in [4.69, 9.17) is 9.47 Å². The molecule has 0 bridgehead atoms. The molecule has 1 aliphatic heterocycles. The molecule has 3 heterocycles. The Bertz CT molecular complexity index is 914. The number of hydrogen-bond donors (Lipinski definition) is 2. The number of nitrogens with zero attached hydrogens (tertiary/aromatic N) is 3. The molecule has 27 heavy (non-hydrogen) atoms. The maximum absolute atomic E-state index is 11.6. The van der Waals surface area contributed by atoms with Crippen molar-refractivity contribution in [3.63, 3.8) is 0 Å². The van der Waals surface area contributed by atoms with Crippen molar-refractivity contribution in [3.8, 4) is 11.6 Å². The molecule has 0 saturated carbocycles. The first-order valence-electron chi connectivity index (χ1n) is 8.58. The number of piperidine rings is 1. The number of aryl methyl sites for hydroxylation is 1. The van der Waals surface area contributed by atoms with E-state index in [-0.39, 0.29) is 11.1 Å². The van der Waals surface area contributed by atoms with Gasteiger partial charge in [0.15, 0.2) is 20.7 Å². The molecular formula is C17H23N5O4S. The van der Waals surface area contributed by atoms with Gasteiger partial charge < -0.3 is 20.1 Å². The Morgan fingerprint density at radius 2 is 1.96 bits per heavy atom. The minimum Gasteiger partial charge on any atom is -0.489 e. The number of anilines is 2. The van der Waals surface area contributed by atoms with E-state index in [2.05, 4.69) is 25.6 Å². The summed E-state index contributed by atoms with van der Waals surface area (Å²) < 4.78 is 34.8. The zero-order valence-electron chi connectivity index (χ0n) is 15.5. The summed E-state index contributed by atoms with van der Waals surface area (Å²) in [5, 5.41) is 6.43. The van der Waals surface area contributed by atoms with Gasteiger partial charge in [-0.3, -0.25) is 0 Å². The molecule has 0 amide bonds. The van der Waals surface area contributed by atoms with Crippen LogP contribution in [0.5, 0.6) is 11.6 Å². The lowest BCUT2D eigenvalue weighted by Gasteiger charge is -2.24. The van der Waals surface area contributed by atoms with E-state index in [0.717, 1.165) is 32.2 Å². The molecule has 0 radical (unpaired) electrons. The minimum atomic E-state index is -3.37. The van der Waals surface area contributed by atoms with Crippen molar-refractivity contribution in [2.24, 2.45) is 0 Å². The molecule has 146 valence electrons. The molecule has 1 aliphatic rings. The molecular weight excluding hydrogens is 370 g/mol. The van der Waals surface area contributed by atoms with Crippen LogP contribution in [0, 0.1) is 6.92 Å². The topological polar surface area (TPSA) is 115 Å². The van der Waals surface area contributed by atoms with E-state index in [1.165, 1.54) is 25.7 Å². The van der Waals surface area contributed by atoms with E-state index in [1.807, 2.05) is 0 Å². The van der Waals surface area contributed by atoms with Crippen LogP contribution in [-0.2, 0) is 9.84 Å². The van der Waals surface area contributed by atoms with E-state index < -0.39 is 9.84 Å². The molecule has 2 aromatic heterocycles. The van der Waals surface area contributed by atoms with E-state index >= 15 is 0 Å². The van der Waals surface area contributed by atoms with Crippen LogP contribution in [0.4, 0.5) is 11.5 Å². The van der Waals surface area contributed by atoms with Crippen molar-refractivity contribution >= 4 is 21.3 Å². The monoisotopic (exact) mass is 393 g/mol. The normalized spacial score (nSPS) is 15.4. The SMILES string of the molecule is COc1c(Nc2cnc(S(C)(=O)=O)cc2C)ncnc1OC1CCNCC1. The van der Waals surface area contributed by atoms with Crippen LogP contribution in [0.2, 0.25) is 0 Å². The number of sulfone groups is 1. The van der Waals surface area contributed by atoms with Crippen LogP contribution in [0.3, 0.4) is 0 Å². The number of aromatic nitrogens is 3. The van der Waals surface area contributed by atoms with Crippen molar-refractivity contribution < 1.29 is 17.9 Å². The highest BCUT2D eigenvalue weighted by molar-refractivity contribution is 7.90. The number of pyridine rings is 1. The predicted octanol–water partition coefficient (Wildman–Crippen LogP) is 1.47. The van der Waals surface area contributed by atoms with Gasteiger partial charge in [-0.2, -0.15) is 4.98 Å². The standard InChI is InChI=1S/C17H23N5O4S/c1-11-8-14(27(3,23)24)19-9-13(11)22-16-15(25-2)17(21-10-20-16)26-12-4-6-18-7-5-12/h8-10,12,18H,4-7H2,1-3H3,(H,20,21,22). The summed E-state index contributed by atoms with van der Waals surface area (Å²) in [5.74, 6) is 1.19. The first kappa shape index (κ1) is 19.3. The van der Waals surface area contributed by atoms with Crippen LogP contribution in [0.25, 0.3) is 0 Å². The van der Waals surface area contributed by atoms with Crippen molar-refractivity contribution in [2.75, 3.05) is 31.8 Å². The van der Waals surface area contributed by atoms with Gasteiger partial charge in [0, 0.05) is 6.26 Å². The highest BCUT2D eigenvalue weighted by atomic mass is 32.2. The van der Waals surface area contributed by atoms with Crippen molar-refractivity contribution in [1.29, 1.82) is 0 Å². The molecule has 3 rings (SSSR count). The lowest BCUT2D eigenvalue weighted by molar-refractivity contribution is 0.149. The van der Waals surface area contributed by atoms with Crippen molar-refractivity contribution in [1.82, 2.24) is 20.3 Å². The Balaban J connectivity index is 1.85. The van der Waals surface area contributed by atoms with Crippen LogP contribution in [0.15, 0.2) is 23.6 Å². The van der Waals surface area contributed by atoms with Gasteiger partial charge in [-0.15, -0.1) is 0 Å². The summed E-state index contributed by atoms with van der Waals surface area (Å²) in [6, 6.07) is 1.51. The van der Waals surface area contributed by atoms with Gasteiger partial charge >= 0.3 is 0 Å². The quantitative estimate of drug-likeness (QED) is 0.752. The summed E-state index contributed by atoms with van der Waals surface area (Å²) in [7, 11) is -1.84. The highest BCUT2D eigenvalue weighted by Gasteiger charge is 2.21. The molecule has 0 spiro atoms. The van der Waals surface area contributed by atoms with Gasteiger partial charge in [-0.25, -0.2) is 18.4 Å². The second kappa shape index (κ2) is 8.05. The second-order valence-corrected chi connectivity index (χ2v) is 8.33. The second-order valence-electron chi connectivity index (χ2n) is 6.36. The van der Waals surface area contributed by atoms with Crippen molar-refractivity contribution in [2.45, 2.75) is 30.9 Å². The van der Waals surface area contributed by atoms with Crippen LogP contribution in [-0.4, -0.2) is 55.9 Å². The fraction of sp³-hybridized carbons (Fsp3) is 0.471. The summed E-state index contributed by atoms with van der Waals surface area (Å²) in [4.78, 5) is 12.4. The molecule has 1 saturated heterocycles. The number of hydrogen-bond acceptors (Lipinski definition) is 9.